The molecule has 2 aliphatic rings. The minimum Gasteiger partial charge on any atom is -0.366 e. The third-order valence-corrected chi connectivity index (χ3v) is 9.86. The fourth-order valence-corrected chi connectivity index (χ4v) is 7.10. The van der Waals surface area contributed by atoms with Crippen molar-refractivity contribution in [2.45, 2.75) is 72.8 Å². The van der Waals surface area contributed by atoms with E-state index >= 15 is 0 Å². The summed E-state index contributed by atoms with van der Waals surface area (Å²) >= 11 is 6.96. The summed E-state index contributed by atoms with van der Waals surface area (Å²) in [7, 11) is 0. The van der Waals surface area contributed by atoms with Gasteiger partial charge in [0.05, 0.1) is 10.6 Å². The highest BCUT2D eigenvalue weighted by Crippen LogP contribution is 2.37. The molecule has 1 unspecified atom stereocenters. The quantitative estimate of drug-likeness (QED) is 0.192. The predicted octanol–water partition coefficient (Wildman–Crippen LogP) is 6.71. The van der Waals surface area contributed by atoms with Crippen molar-refractivity contribution in [3.05, 3.63) is 62.0 Å². The Morgan fingerprint density at radius 1 is 1.07 bits per heavy atom. The van der Waals surface area contributed by atoms with E-state index in [4.69, 9.17) is 12.2 Å². The number of rotatable bonds is 12. The molecular formula is C33H42FN5O2S2. The lowest BCUT2D eigenvalue weighted by Crippen LogP contribution is -2.49. The number of halogens is 1. The number of nitrogens with zero attached hydrogens (tertiary/aromatic N) is 5. The molecule has 43 heavy (non-hydrogen) atoms. The molecule has 10 heteroatoms. The molecule has 1 aromatic carbocycles. The van der Waals surface area contributed by atoms with E-state index in [-0.39, 0.29) is 22.8 Å². The number of anilines is 2. The largest absolute Gasteiger partial charge is 0.366 e. The maximum Gasteiger partial charge on any atom is 0.270 e. The van der Waals surface area contributed by atoms with Crippen LogP contribution < -0.4 is 15.4 Å². The molecule has 0 bridgehead atoms. The lowest BCUT2D eigenvalue weighted by molar-refractivity contribution is -0.122. The van der Waals surface area contributed by atoms with Gasteiger partial charge in [0, 0.05) is 44.8 Å². The van der Waals surface area contributed by atoms with E-state index in [1.54, 1.807) is 28.5 Å². The van der Waals surface area contributed by atoms with E-state index in [0.717, 1.165) is 38.5 Å². The summed E-state index contributed by atoms with van der Waals surface area (Å²) in [4.78, 5) is 33.8. The molecule has 0 saturated carbocycles. The normalized spacial score (nSPS) is 17.2. The van der Waals surface area contributed by atoms with Crippen LogP contribution in [-0.4, -0.2) is 52.4 Å². The molecule has 2 fully saturated rings. The molecule has 0 aliphatic carbocycles. The first-order valence-electron chi connectivity index (χ1n) is 15.4. The van der Waals surface area contributed by atoms with Crippen LogP contribution in [0.3, 0.4) is 0 Å². The summed E-state index contributed by atoms with van der Waals surface area (Å²) in [5.41, 5.74) is 1.61. The van der Waals surface area contributed by atoms with E-state index in [9.17, 15) is 19.2 Å². The molecule has 2 aliphatic heterocycles. The number of carbonyl (C=O) groups is 1. The Labute approximate surface area is 264 Å². The molecule has 0 spiro atoms. The first-order chi connectivity index (χ1) is 20.7. The Morgan fingerprint density at radius 3 is 2.37 bits per heavy atom. The van der Waals surface area contributed by atoms with E-state index in [0.29, 0.717) is 77.0 Å². The Balaban J connectivity index is 1.74. The second-order valence-electron chi connectivity index (χ2n) is 11.3. The summed E-state index contributed by atoms with van der Waals surface area (Å²) in [5, 5.41) is 10.0. The third kappa shape index (κ3) is 7.15. The summed E-state index contributed by atoms with van der Waals surface area (Å²) < 4.78 is 16.8. The van der Waals surface area contributed by atoms with Crippen molar-refractivity contribution in [1.29, 1.82) is 5.26 Å². The number of thiocarbonyl (C=S) groups is 1. The van der Waals surface area contributed by atoms with Gasteiger partial charge in [-0.1, -0.05) is 82.6 Å². The Kier molecular flexibility index (Phi) is 11.4. The van der Waals surface area contributed by atoms with Crippen LogP contribution in [0.1, 0.15) is 76.0 Å². The number of hydrogen-bond acceptors (Lipinski definition) is 7. The molecule has 2 saturated heterocycles. The van der Waals surface area contributed by atoms with Crippen LogP contribution in [0.2, 0.25) is 0 Å². The van der Waals surface area contributed by atoms with Gasteiger partial charge in [-0.25, -0.2) is 4.39 Å². The van der Waals surface area contributed by atoms with E-state index in [1.807, 2.05) is 17.0 Å². The lowest BCUT2D eigenvalue weighted by atomic mass is 9.99. The summed E-state index contributed by atoms with van der Waals surface area (Å²) in [5.74, 6) is 0.714. The lowest BCUT2D eigenvalue weighted by Gasteiger charge is -2.39. The standard InChI is InChI=1S/C33H42FN5O2S2/c1-5-8-12-24(7-3)22-39-32(41)29(43-33(39)42)20-25-23(4)26(21-35)31(40)38(15-9-6-2)30(25)37-18-16-36(17-19-37)28-14-11-10-13-27(28)34/h10-11,13-14,20,24H,5-9,12,15-19,22H2,1-4H3/b29-20+. The van der Waals surface area contributed by atoms with Crippen LogP contribution in [0.25, 0.3) is 6.08 Å². The fourth-order valence-electron chi connectivity index (χ4n) is 5.84. The minimum atomic E-state index is -0.314. The van der Waals surface area contributed by atoms with Gasteiger partial charge in [0.25, 0.3) is 11.5 Å². The van der Waals surface area contributed by atoms with Crippen LogP contribution >= 0.6 is 24.0 Å². The summed E-state index contributed by atoms with van der Waals surface area (Å²) in [6, 6.07) is 8.90. The number of amides is 1. The number of hydrogen-bond donors (Lipinski definition) is 0. The van der Waals surface area contributed by atoms with Gasteiger partial charge in [0.2, 0.25) is 0 Å². The average Bonchev–Trinajstić information content (AvgIpc) is 3.27. The molecule has 1 atom stereocenters. The van der Waals surface area contributed by atoms with Crippen molar-refractivity contribution in [2.75, 3.05) is 42.5 Å². The SMILES string of the molecule is CCCCC(CC)CN1C(=O)/C(=C\c2c(C)c(C#N)c(=O)n(CCCC)c2N2CCN(c3ccccc3F)CC2)SC1=S. The highest BCUT2D eigenvalue weighted by atomic mass is 32.2. The molecule has 4 rings (SSSR count). The molecule has 2 aromatic rings. The van der Waals surface area contributed by atoms with Crippen molar-refractivity contribution in [2.24, 2.45) is 5.92 Å². The van der Waals surface area contributed by atoms with Gasteiger partial charge in [-0.2, -0.15) is 5.26 Å². The number of pyridine rings is 1. The number of nitriles is 1. The smallest absolute Gasteiger partial charge is 0.270 e. The van der Waals surface area contributed by atoms with Crippen LogP contribution in [0.15, 0.2) is 34.0 Å². The molecule has 0 radical (unpaired) electrons. The zero-order chi connectivity index (χ0) is 31.1. The van der Waals surface area contributed by atoms with E-state index < -0.39 is 0 Å². The predicted molar refractivity (Wildman–Crippen MR) is 179 cm³/mol. The van der Waals surface area contributed by atoms with Crippen molar-refractivity contribution < 1.29 is 9.18 Å². The summed E-state index contributed by atoms with van der Waals surface area (Å²) in [6.07, 6.45) is 7.75. The van der Waals surface area contributed by atoms with Gasteiger partial charge < -0.3 is 9.80 Å². The van der Waals surface area contributed by atoms with Crippen molar-refractivity contribution >= 4 is 51.8 Å². The molecule has 1 aromatic heterocycles. The van der Waals surface area contributed by atoms with Crippen LogP contribution in [0.5, 0.6) is 0 Å². The molecule has 3 heterocycles. The fraction of sp³-hybridized carbons (Fsp3) is 0.515. The second kappa shape index (κ2) is 15.0. The van der Waals surface area contributed by atoms with E-state index in [2.05, 4.69) is 31.7 Å². The zero-order valence-electron chi connectivity index (χ0n) is 25.7. The number of para-hydroxylation sites is 1. The minimum absolute atomic E-state index is 0.0946. The highest BCUT2D eigenvalue weighted by molar-refractivity contribution is 8.26. The molecular weight excluding hydrogens is 582 g/mol. The van der Waals surface area contributed by atoms with Gasteiger partial charge in [0.15, 0.2) is 0 Å². The third-order valence-electron chi connectivity index (χ3n) is 8.49. The topological polar surface area (TPSA) is 72.6 Å². The van der Waals surface area contributed by atoms with Gasteiger partial charge in [-0.3, -0.25) is 19.1 Å². The Morgan fingerprint density at radius 2 is 1.74 bits per heavy atom. The zero-order valence-corrected chi connectivity index (χ0v) is 27.3. The second-order valence-corrected chi connectivity index (χ2v) is 13.0. The van der Waals surface area contributed by atoms with Gasteiger partial charge >= 0.3 is 0 Å². The maximum atomic E-state index is 14.6. The van der Waals surface area contributed by atoms with Crippen molar-refractivity contribution in [3.63, 3.8) is 0 Å². The number of aromatic nitrogens is 1. The maximum absolute atomic E-state index is 14.6. The highest BCUT2D eigenvalue weighted by Gasteiger charge is 2.35. The van der Waals surface area contributed by atoms with Crippen LogP contribution in [0, 0.1) is 30.0 Å². The Bertz CT molecular complexity index is 1470. The van der Waals surface area contributed by atoms with Gasteiger partial charge in [-0.15, -0.1) is 0 Å². The number of piperazine rings is 1. The number of unbranched alkanes of at least 4 members (excludes halogenated alkanes) is 2. The van der Waals surface area contributed by atoms with E-state index in [1.165, 1.54) is 17.8 Å². The van der Waals surface area contributed by atoms with Crippen molar-refractivity contribution in [3.8, 4) is 6.07 Å². The van der Waals surface area contributed by atoms with Crippen LogP contribution in [-0.2, 0) is 11.3 Å². The number of thioether (sulfide) groups is 1. The first kappa shape index (κ1) is 32.7. The summed E-state index contributed by atoms with van der Waals surface area (Å²) in [6.45, 7) is 11.5. The van der Waals surface area contributed by atoms with Crippen molar-refractivity contribution in [1.82, 2.24) is 9.47 Å². The number of carbonyl (C=O) groups excluding carboxylic acids is 1. The monoisotopic (exact) mass is 623 g/mol. The van der Waals surface area contributed by atoms with Crippen LogP contribution in [0.4, 0.5) is 15.9 Å². The Hall–Kier alpha value is -3.16. The average molecular weight is 624 g/mol. The first-order valence-corrected chi connectivity index (χ1v) is 16.6. The van der Waals surface area contributed by atoms with Gasteiger partial charge in [0.1, 0.15) is 27.6 Å². The molecule has 1 amide bonds. The van der Waals surface area contributed by atoms with Gasteiger partial charge in [-0.05, 0) is 49.5 Å². The molecule has 230 valence electrons. The molecule has 7 nitrogen and oxygen atoms in total. The number of benzene rings is 1. The molecule has 0 N–H and O–H groups in total.